The molecule has 2 heterocycles. The van der Waals surface area contributed by atoms with Crippen LogP contribution in [0.3, 0.4) is 0 Å². The standard InChI is InChI=1S/C24H25N3O2S/c25-17-19-7-1-3-9-21(19)30-22-10-4-2-8-20(22)24(29)27-15-11-18(12-16-27)23(28)26-13-5-6-14-26/h1-4,7-10,18H,5-6,11-16H2. The topological polar surface area (TPSA) is 64.4 Å². The third kappa shape index (κ3) is 4.36. The van der Waals surface area contributed by atoms with E-state index in [1.165, 1.54) is 11.8 Å². The fourth-order valence-electron chi connectivity index (χ4n) is 4.19. The predicted molar refractivity (Wildman–Crippen MR) is 116 cm³/mol. The smallest absolute Gasteiger partial charge is 0.255 e. The molecule has 2 aromatic carbocycles. The van der Waals surface area contributed by atoms with E-state index in [4.69, 9.17) is 0 Å². The summed E-state index contributed by atoms with van der Waals surface area (Å²) in [6, 6.07) is 17.2. The molecule has 4 rings (SSSR count). The van der Waals surface area contributed by atoms with Crippen molar-refractivity contribution in [3.8, 4) is 6.07 Å². The van der Waals surface area contributed by atoms with Crippen molar-refractivity contribution < 1.29 is 9.59 Å². The van der Waals surface area contributed by atoms with Gasteiger partial charge in [-0.15, -0.1) is 0 Å². The van der Waals surface area contributed by atoms with Gasteiger partial charge in [-0.2, -0.15) is 5.26 Å². The molecule has 2 fully saturated rings. The van der Waals surface area contributed by atoms with E-state index in [0.717, 1.165) is 48.6 Å². The Morgan fingerprint density at radius 1 is 0.867 bits per heavy atom. The summed E-state index contributed by atoms with van der Waals surface area (Å²) in [5.41, 5.74) is 1.26. The van der Waals surface area contributed by atoms with Gasteiger partial charge in [0, 0.05) is 41.9 Å². The number of nitriles is 1. The lowest BCUT2D eigenvalue weighted by atomic mass is 9.95. The van der Waals surface area contributed by atoms with Gasteiger partial charge in [-0.05, 0) is 49.9 Å². The maximum atomic E-state index is 13.3. The zero-order chi connectivity index (χ0) is 20.9. The number of amides is 2. The van der Waals surface area contributed by atoms with Crippen LogP contribution in [0.15, 0.2) is 58.3 Å². The Morgan fingerprint density at radius 2 is 1.50 bits per heavy atom. The molecule has 0 spiro atoms. The van der Waals surface area contributed by atoms with Crippen LogP contribution in [0, 0.1) is 17.2 Å². The number of piperidine rings is 1. The molecule has 2 amide bonds. The monoisotopic (exact) mass is 419 g/mol. The molecule has 30 heavy (non-hydrogen) atoms. The van der Waals surface area contributed by atoms with Crippen LogP contribution in [0.5, 0.6) is 0 Å². The van der Waals surface area contributed by atoms with Crippen molar-refractivity contribution in [3.05, 3.63) is 59.7 Å². The van der Waals surface area contributed by atoms with Gasteiger partial charge in [0.15, 0.2) is 0 Å². The lowest BCUT2D eigenvalue weighted by molar-refractivity contribution is -0.135. The van der Waals surface area contributed by atoms with Crippen molar-refractivity contribution in [1.82, 2.24) is 9.80 Å². The summed E-state index contributed by atoms with van der Waals surface area (Å²) < 4.78 is 0. The van der Waals surface area contributed by atoms with Crippen LogP contribution in [0.25, 0.3) is 0 Å². The van der Waals surface area contributed by atoms with Gasteiger partial charge in [0.25, 0.3) is 5.91 Å². The van der Waals surface area contributed by atoms with E-state index in [0.29, 0.717) is 24.2 Å². The van der Waals surface area contributed by atoms with E-state index in [-0.39, 0.29) is 17.7 Å². The zero-order valence-electron chi connectivity index (χ0n) is 16.9. The maximum absolute atomic E-state index is 13.3. The van der Waals surface area contributed by atoms with Gasteiger partial charge in [0.2, 0.25) is 5.91 Å². The van der Waals surface area contributed by atoms with E-state index >= 15 is 0 Å². The highest BCUT2D eigenvalue weighted by Gasteiger charge is 2.32. The Bertz CT molecular complexity index is 970. The van der Waals surface area contributed by atoms with Crippen LogP contribution in [-0.2, 0) is 4.79 Å². The van der Waals surface area contributed by atoms with Crippen LogP contribution in [0.4, 0.5) is 0 Å². The molecule has 0 unspecified atom stereocenters. The summed E-state index contributed by atoms with van der Waals surface area (Å²) in [6.45, 7) is 2.98. The second-order valence-corrected chi connectivity index (χ2v) is 8.89. The SMILES string of the molecule is N#Cc1ccccc1Sc1ccccc1C(=O)N1CCC(C(=O)N2CCCC2)CC1. The fourth-order valence-corrected chi connectivity index (χ4v) is 5.21. The van der Waals surface area contributed by atoms with E-state index < -0.39 is 0 Å². The number of benzene rings is 2. The van der Waals surface area contributed by atoms with Crippen LogP contribution >= 0.6 is 11.8 Å². The van der Waals surface area contributed by atoms with Crippen molar-refractivity contribution in [2.24, 2.45) is 5.92 Å². The quantitative estimate of drug-likeness (QED) is 0.746. The minimum absolute atomic E-state index is 0.000361. The predicted octanol–water partition coefficient (Wildman–Crippen LogP) is 4.18. The fraction of sp³-hybridized carbons (Fsp3) is 0.375. The Kier molecular flexibility index (Phi) is 6.39. The van der Waals surface area contributed by atoms with Crippen molar-refractivity contribution in [2.75, 3.05) is 26.2 Å². The van der Waals surface area contributed by atoms with Gasteiger partial charge >= 0.3 is 0 Å². The summed E-state index contributed by atoms with van der Waals surface area (Å²) in [7, 11) is 0. The second-order valence-electron chi connectivity index (χ2n) is 7.81. The molecule has 0 saturated carbocycles. The number of carbonyl (C=O) groups is 2. The Morgan fingerprint density at radius 3 is 2.20 bits per heavy atom. The molecule has 0 atom stereocenters. The molecular weight excluding hydrogens is 394 g/mol. The minimum Gasteiger partial charge on any atom is -0.342 e. The molecule has 6 heteroatoms. The third-order valence-electron chi connectivity index (χ3n) is 5.89. The van der Waals surface area contributed by atoms with Crippen LogP contribution < -0.4 is 0 Å². The third-order valence-corrected chi connectivity index (χ3v) is 7.05. The number of nitrogens with zero attached hydrogens (tertiary/aromatic N) is 3. The van der Waals surface area contributed by atoms with Crippen molar-refractivity contribution in [2.45, 2.75) is 35.5 Å². The molecule has 0 aromatic heterocycles. The highest BCUT2D eigenvalue weighted by molar-refractivity contribution is 7.99. The normalized spacial score (nSPS) is 17.0. The zero-order valence-corrected chi connectivity index (χ0v) is 17.7. The van der Waals surface area contributed by atoms with E-state index in [1.54, 1.807) is 6.07 Å². The lowest BCUT2D eigenvalue weighted by Crippen LogP contribution is -2.43. The number of likely N-dealkylation sites (tertiary alicyclic amines) is 2. The minimum atomic E-state index is -0.000361. The van der Waals surface area contributed by atoms with Gasteiger partial charge in [-0.3, -0.25) is 9.59 Å². The first-order valence-electron chi connectivity index (χ1n) is 10.5. The molecule has 2 aromatic rings. The van der Waals surface area contributed by atoms with Gasteiger partial charge in [-0.25, -0.2) is 0 Å². The average molecular weight is 420 g/mol. The summed E-state index contributed by atoms with van der Waals surface area (Å²) >= 11 is 1.45. The molecule has 0 radical (unpaired) electrons. The number of rotatable bonds is 4. The summed E-state index contributed by atoms with van der Waals surface area (Å²) in [6.07, 6.45) is 3.67. The van der Waals surface area contributed by atoms with Crippen molar-refractivity contribution in [3.63, 3.8) is 0 Å². The average Bonchev–Trinajstić information content (AvgIpc) is 3.34. The first-order valence-corrected chi connectivity index (χ1v) is 11.3. The summed E-state index contributed by atoms with van der Waals surface area (Å²) in [5, 5.41) is 9.36. The summed E-state index contributed by atoms with van der Waals surface area (Å²) in [4.78, 5) is 31.4. The highest BCUT2D eigenvalue weighted by Crippen LogP contribution is 2.33. The highest BCUT2D eigenvalue weighted by atomic mass is 32.2. The first kappa shape index (κ1) is 20.5. The van der Waals surface area contributed by atoms with E-state index in [1.807, 2.05) is 52.3 Å². The Labute approximate surface area is 181 Å². The molecular formula is C24H25N3O2S. The molecule has 154 valence electrons. The number of carbonyl (C=O) groups excluding carboxylic acids is 2. The van der Waals surface area contributed by atoms with Gasteiger partial charge in [0.05, 0.1) is 11.1 Å². The number of hydrogen-bond donors (Lipinski definition) is 0. The largest absolute Gasteiger partial charge is 0.342 e. The second kappa shape index (κ2) is 9.36. The van der Waals surface area contributed by atoms with Crippen LogP contribution in [0.1, 0.15) is 41.6 Å². The molecule has 2 saturated heterocycles. The Hall–Kier alpha value is -2.78. The van der Waals surface area contributed by atoms with Gasteiger partial charge < -0.3 is 9.80 Å². The van der Waals surface area contributed by atoms with Crippen molar-refractivity contribution >= 4 is 23.6 Å². The van der Waals surface area contributed by atoms with E-state index in [9.17, 15) is 14.9 Å². The molecule has 0 N–H and O–H groups in total. The van der Waals surface area contributed by atoms with Crippen LogP contribution in [-0.4, -0.2) is 47.8 Å². The molecule has 2 aliphatic heterocycles. The van der Waals surface area contributed by atoms with Gasteiger partial charge in [0.1, 0.15) is 6.07 Å². The lowest BCUT2D eigenvalue weighted by Gasteiger charge is -2.33. The maximum Gasteiger partial charge on any atom is 0.255 e. The molecule has 5 nitrogen and oxygen atoms in total. The first-order chi connectivity index (χ1) is 14.7. The number of hydrogen-bond acceptors (Lipinski definition) is 4. The summed E-state index contributed by atoms with van der Waals surface area (Å²) in [5.74, 6) is 0.308. The molecule has 0 bridgehead atoms. The molecule has 2 aliphatic rings. The van der Waals surface area contributed by atoms with Crippen LogP contribution in [0.2, 0.25) is 0 Å². The Balaban J connectivity index is 1.44. The van der Waals surface area contributed by atoms with Crippen molar-refractivity contribution in [1.29, 1.82) is 5.26 Å². The van der Waals surface area contributed by atoms with E-state index in [2.05, 4.69) is 6.07 Å². The van der Waals surface area contributed by atoms with Gasteiger partial charge in [-0.1, -0.05) is 36.0 Å². The molecule has 0 aliphatic carbocycles.